The Morgan fingerprint density at radius 3 is 2.48 bits per heavy atom. The third-order valence-electron chi connectivity index (χ3n) is 6.36. The fourth-order valence-corrected chi connectivity index (χ4v) is 4.98. The van der Waals surface area contributed by atoms with Gasteiger partial charge in [-0.3, -0.25) is 4.79 Å². The Morgan fingerprint density at radius 2 is 1.74 bits per heavy atom. The van der Waals surface area contributed by atoms with E-state index in [4.69, 9.17) is 16.3 Å². The van der Waals surface area contributed by atoms with Gasteiger partial charge in [0.05, 0.1) is 17.7 Å². The van der Waals surface area contributed by atoms with E-state index in [0.717, 1.165) is 25.4 Å². The Hall–Kier alpha value is -2.73. The van der Waals surface area contributed by atoms with Crippen molar-refractivity contribution in [1.82, 2.24) is 4.90 Å². The van der Waals surface area contributed by atoms with Gasteiger partial charge < -0.3 is 20.3 Å². The molecular formula is C24H28ClN3O3. The van der Waals surface area contributed by atoms with Crippen LogP contribution in [0.3, 0.4) is 0 Å². The molecule has 0 radical (unpaired) electrons. The van der Waals surface area contributed by atoms with Gasteiger partial charge in [0, 0.05) is 30.5 Å². The molecule has 0 unspecified atom stereocenters. The van der Waals surface area contributed by atoms with Gasteiger partial charge in [0.2, 0.25) is 0 Å². The number of carbonyl (C=O) groups is 2. The molecule has 2 N–H and O–H groups in total. The average molecular weight is 442 g/mol. The number of urea groups is 1. The summed E-state index contributed by atoms with van der Waals surface area (Å²) < 4.78 is 5.16. The highest BCUT2D eigenvalue weighted by Gasteiger charge is 2.33. The number of fused-ring (bicyclic) bond motifs is 1. The highest BCUT2D eigenvalue weighted by atomic mass is 35.5. The smallest absolute Gasteiger partial charge is 0.323 e. The highest BCUT2D eigenvalue weighted by molar-refractivity contribution is 6.34. The summed E-state index contributed by atoms with van der Waals surface area (Å²) in [6.07, 6.45) is 6.18. The summed E-state index contributed by atoms with van der Waals surface area (Å²) >= 11 is 6.43. The SMILES string of the molecule is COc1cccc(NC(=O)Nc2ccc(C(=O)N3CC[C@H]4CCCC[C@H]4C3)c(Cl)c2)c1. The number of methoxy groups -OCH3 is 1. The molecule has 1 heterocycles. The van der Waals surface area contributed by atoms with Crippen LogP contribution in [0.4, 0.5) is 16.2 Å². The Balaban J connectivity index is 1.38. The van der Waals surface area contributed by atoms with Crippen LogP contribution in [0.5, 0.6) is 5.75 Å². The van der Waals surface area contributed by atoms with Crippen LogP contribution >= 0.6 is 11.6 Å². The summed E-state index contributed by atoms with van der Waals surface area (Å²) in [5.41, 5.74) is 1.61. The maximum atomic E-state index is 13.1. The van der Waals surface area contributed by atoms with E-state index in [0.29, 0.717) is 33.6 Å². The van der Waals surface area contributed by atoms with Gasteiger partial charge in [-0.15, -0.1) is 0 Å². The first-order valence-corrected chi connectivity index (χ1v) is 11.2. The fraction of sp³-hybridized carbons (Fsp3) is 0.417. The highest BCUT2D eigenvalue weighted by Crippen LogP contribution is 2.37. The van der Waals surface area contributed by atoms with Crippen molar-refractivity contribution in [2.75, 3.05) is 30.8 Å². The van der Waals surface area contributed by atoms with E-state index in [9.17, 15) is 9.59 Å². The first kappa shape index (κ1) is 21.5. The first-order chi connectivity index (χ1) is 15.0. The summed E-state index contributed by atoms with van der Waals surface area (Å²) in [6.45, 7) is 1.61. The van der Waals surface area contributed by atoms with Gasteiger partial charge in [-0.25, -0.2) is 4.79 Å². The minimum atomic E-state index is -0.400. The maximum Gasteiger partial charge on any atom is 0.323 e. The number of anilines is 2. The van der Waals surface area contributed by atoms with Gasteiger partial charge in [0.25, 0.3) is 5.91 Å². The largest absolute Gasteiger partial charge is 0.497 e. The quantitative estimate of drug-likeness (QED) is 0.644. The number of hydrogen-bond donors (Lipinski definition) is 2. The number of likely N-dealkylation sites (tertiary alicyclic amines) is 1. The number of benzene rings is 2. The van der Waals surface area contributed by atoms with Gasteiger partial charge in [0.15, 0.2) is 0 Å². The van der Waals surface area contributed by atoms with Gasteiger partial charge in [0.1, 0.15) is 5.75 Å². The van der Waals surface area contributed by atoms with Crippen molar-refractivity contribution in [3.8, 4) is 5.75 Å². The lowest BCUT2D eigenvalue weighted by atomic mass is 9.75. The van der Waals surface area contributed by atoms with Crippen molar-refractivity contribution in [3.63, 3.8) is 0 Å². The number of carbonyl (C=O) groups excluding carboxylic acids is 2. The van der Waals surface area contributed by atoms with Crippen molar-refractivity contribution in [3.05, 3.63) is 53.1 Å². The number of amides is 3. The topological polar surface area (TPSA) is 70.7 Å². The zero-order chi connectivity index (χ0) is 21.8. The lowest BCUT2D eigenvalue weighted by Crippen LogP contribution is -2.44. The summed E-state index contributed by atoms with van der Waals surface area (Å²) in [7, 11) is 1.57. The predicted molar refractivity (Wildman–Crippen MR) is 123 cm³/mol. The van der Waals surface area contributed by atoms with Crippen LogP contribution in [0.1, 0.15) is 42.5 Å². The normalized spacial score (nSPS) is 20.5. The summed E-state index contributed by atoms with van der Waals surface area (Å²) in [6, 6.07) is 11.7. The summed E-state index contributed by atoms with van der Waals surface area (Å²) in [4.78, 5) is 27.3. The zero-order valence-corrected chi connectivity index (χ0v) is 18.5. The van der Waals surface area contributed by atoms with Crippen LogP contribution in [-0.2, 0) is 0 Å². The number of ether oxygens (including phenoxy) is 1. The molecule has 164 valence electrons. The number of piperidine rings is 1. The number of rotatable bonds is 4. The third-order valence-corrected chi connectivity index (χ3v) is 6.68. The first-order valence-electron chi connectivity index (χ1n) is 10.8. The standard InChI is InChI=1S/C24H28ClN3O3/c1-31-20-8-4-7-18(13-20)26-24(30)27-19-9-10-21(22(25)14-19)23(29)28-12-11-16-5-2-3-6-17(16)15-28/h4,7-10,13-14,16-17H,2-3,5-6,11-12,15H2,1H3,(H2,26,27,30)/t16-,17+/m1/s1. The molecule has 0 spiro atoms. The molecule has 0 aromatic heterocycles. The Labute approximate surface area is 187 Å². The molecule has 1 aliphatic carbocycles. The molecule has 1 saturated heterocycles. The predicted octanol–water partition coefficient (Wildman–Crippen LogP) is 5.64. The summed E-state index contributed by atoms with van der Waals surface area (Å²) in [5, 5.41) is 5.85. The molecule has 2 fully saturated rings. The second-order valence-electron chi connectivity index (χ2n) is 8.35. The van der Waals surface area contributed by atoms with E-state index in [1.54, 1.807) is 49.6 Å². The third kappa shape index (κ3) is 5.13. The van der Waals surface area contributed by atoms with Crippen molar-refractivity contribution in [2.45, 2.75) is 32.1 Å². The second-order valence-corrected chi connectivity index (χ2v) is 8.76. The fourth-order valence-electron chi connectivity index (χ4n) is 4.72. The van der Waals surface area contributed by atoms with E-state index in [1.165, 1.54) is 25.7 Å². The number of halogens is 1. The number of nitrogens with one attached hydrogen (secondary N) is 2. The van der Waals surface area contributed by atoms with E-state index in [2.05, 4.69) is 10.6 Å². The molecule has 1 aliphatic heterocycles. The van der Waals surface area contributed by atoms with Crippen LogP contribution < -0.4 is 15.4 Å². The molecule has 7 heteroatoms. The molecule has 6 nitrogen and oxygen atoms in total. The van der Waals surface area contributed by atoms with E-state index in [1.807, 2.05) is 4.90 Å². The second kappa shape index (κ2) is 9.60. The molecule has 31 heavy (non-hydrogen) atoms. The molecule has 3 amide bonds. The monoisotopic (exact) mass is 441 g/mol. The Morgan fingerprint density at radius 1 is 1.00 bits per heavy atom. The van der Waals surface area contributed by atoms with Gasteiger partial charge in [-0.1, -0.05) is 36.9 Å². The van der Waals surface area contributed by atoms with E-state index in [-0.39, 0.29) is 5.91 Å². The van der Waals surface area contributed by atoms with Gasteiger partial charge in [-0.05, 0) is 55.0 Å². The van der Waals surface area contributed by atoms with Gasteiger partial charge in [-0.2, -0.15) is 0 Å². The van der Waals surface area contributed by atoms with Crippen LogP contribution in [0, 0.1) is 11.8 Å². The van der Waals surface area contributed by atoms with Crippen LogP contribution in [0.25, 0.3) is 0 Å². The molecule has 4 rings (SSSR count). The van der Waals surface area contributed by atoms with Crippen molar-refractivity contribution < 1.29 is 14.3 Å². The van der Waals surface area contributed by atoms with E-state index >= 15 is 0 Å². The molecule has 2 aliphatic rings. The Kier molecular flexibility index (Phi) is 6.66. The van der Waals surface area contributed by atoms with Crippen LogP contribution in [0.15, 0.2) is 42.5 Å². The minimum absolute atomic E-state index is 0.0265. The van der Waals surface area contributed by atoms with Crippen molar-refractivity contribution in [2.24, 2.45) is 11.8 Å². The Bertz CT molecular complexity index is 965. The lowest BCUT2D eigenvalue weighted by molar-refractivity contribution is 0.0521. The van der Waals surface area contributed by atoms with E-state index < -0.39 is 6.03 Å². The van der Waals surface area contributed by atoms with Crippen LogP contribution in [-0.4, -0.2) is 37.0 Å². The average Bonchev–Trinajstić information content (AvgIpc) is 2.78. The minimum Gasteiger partial charge on any atom is -0.497 e. The number of hydrogen-bond acceptors (Lipinski definition) is 3. The van der Waals surface area contributed by atoms with Gasteiger partial charge >= 0.3 is 6.03 Å². The molecule has 0 bridgehead atoms. The van der Waals surface area contributed by atoms with Crippen molar-refractivity contribution in [1.29, 1.82) is 0 Å². The maximum absolute atomic E-state index is 13.1. The molecule has 2 aromatic rings. The molecule has 1 saturated carbocycles. The molecule has 2 aromatic carbocycles. The molecule has 2 atom stereocenters. The van der Waals surface area contributed by atoms with Crippen molar-refractivity contribution >= 4 is 34.9 Å². The molecular weight excluding hydrogens is 414 g/mol. The lowest BCUT2D eigenvalue weighted by Gasteiger charge is -2.41. The van der Waals surface area contributed by atoms with Crippen LogP contribution in [0.2, 0.25) is 5.02 Å². The number of nitrogens with zero attached hydrogens (tertiary/aromatic N) is 1. The zero-order valence-electron chi connectivity index (χ0n) is 17.7. The summed E-state index contributed by atoms with van der Waals surface area (Å²) in [5.74, 6) is 2.01.